The van der Waals surface area contributed by atoms with Gasteiger partial charge < -0.3 is 4.42 Å². The number of fused-ring (bicyclic) bond motifs is 16. The van der Waals surface area contributed by atoms with Crippen LogP contribution in [-0.4, -0.2) is 12.6 Å². The summed E-state index contributed by atoms with van der Waals surface area (Å²) in [5.41, 5.74) is 16.1. The van der Waals surface area contributed by atoms with E-state index in [1.807, 2.05) is 0 Å². The average Bonchev–Trinajstić information content (AvgIpc) is 3.90. The second-order valence-corrected chi connectivity index (χ2v) is 22.4. The maximum Gasteiger partial charge on any atom is 0.364 e. The minimum absolute atomic E-state index is 0.557. The molecule has 0 N–H and O–H groups in total. The molecular weight excluding hydrogens is 699 g/mol. The van der Waals surface area contributed by atoms with E-state index in [0.29, 0.717) is 5.92 Å². The van der Waals surface area contributed by atoms with Crippen LogP contribution in [0.4, 0.5) is 0 Å². The minimum Gasteiger partial charge on any atom is -0.455 e. The Morgan fingerprint density at radius 2 is 1.43 bits per heavy atom. The Kier molecular flexibility index (Phi) is 6.98. The van der Waals surface area contributed by atoms with Crippen molar-refractivity contribution in [3.8, 4) is 39.5 Å². The fourth-order valence-corrected chi connectivity index (χ4v) is 11.7. The zero-order valence-electron chi connectivity index (χ0n) is 32.9. The summed E-state index contributed by atoms with van der Waals surface area (Å²) in [6, 6.07) is 51.6. The molecule has 5 heteroatoms. The van der Waals surface area contributed by atoms with Gasteiger partial charge in [0.05, 0.1) is 24.8 Å². The summed E-state index contributed by atoms with van der Waals surface area (Å²) in [5, 5.41) is 3.81. The molecule has 0 radical (unpaired) electrons. The van der Waals surface area contributed by atoms with Crippen LogP contribution in [0.1, 0.15) is 36.1 Å². The number of furan rings is 1. The number of aryl methyl sites for hydroxylation is 1. The predicted molar refractivity (Wildman–Crippen MR) is 232 cm³/mol. The van der Waals surface area contributed by atoms with Crippen molar-refractivity contribution in [1.29, 1.82) is 0 Å². The number of aromatic nitrogens is 3. The van der Waals surface area contributed by atoms with Gasteiger partial charge in [0.15, 0.2) is 22.8 Å². The van der Waals surface area contributed by atoms with Crippen molar-refractivity contribution in [3.63, 3.8) is 0 Å². The molecule has 0 bridgehead atoms. The number of hydrogen-bond acceptors (Lipinski definition) is 1. The van der Waals surface area contributed by atoms with E-state index in [4.69, 9.17) is 4.42 Å². The van der Waals surface area contributed by atoms with Gasteiger partial charge in [-0.25, -0.2) is 0 Å². The standard InChI is InChI=1S/C51H45N3OSi/c1-32(2)28-36-30-45-40-29-33(3)20-26-41(40)51(52(45)31-47(36)56(4,5)6)42-27-25-39-38-16-10-13-19-46(38)55-49(39)48(42)50-53(43-17-11-12-18-44(43)54(50)51)37-23-21-35(22-24-37)34-14-8-7-9-15-34/h7-27,29-32H,28H2,1-6H3/q+2. The lowest BCUT2D eigenvalue weighted by Crippen LogP contribution is -2.72. The monoisotopic (exact) mass is 743 g/mol. The number of pyridine rings is 1. The van der Waals surface area contributed by atoms with E-state index in [0.717, 1.165) is 51.0 Å². The fraction of sp³-hybridized carbons (Fsp3) is 0.176. The van der Waals surface area contributed by atoms with E-state index < -0.39 is 13.7 Å². The Hall–Kier alpha value is -6.04. The molecule has 2 aliphatic heterocycles. The zero-order chi connectivity index (χ0) is 38.1. The Balaban J connectivity index is 1.33. The molecule has 4 nitrogen and oxygen atoms in total. The zero-order valence-corrected chi connectivity index (χ0v) is 33.9. The number of rotatable bonds is 5. The topological polar surface area (TPSA) is 25.8 Å². The molecule has 1 spiro atoms. The molecular formula is C51H45N3OSi+2. The van der Waals surface area contributed by atoms with E-state index in [1.165, 1.54) is 55.3 Å². The molecule has 3 aromatic heterocycles. The summed E-state index contributed by atoms with van der Waals surface area (Å²) in [5.74, 6) is 1.69. The Labute approximate surface area is 328 Å². The van der Waals surface area contributed by atoms with E-state index in [9.17, 15) is 0 Å². The van der Waals surface area contributed by atoms with E-state index in [2.05, 4.69) is 200 Å². The number of para-hydroxylation sites is 3. The van der Waals surface area contributed by atoms with Crippen LogP contribution in [0.2, 0.25) is 19.6 Å². The molecule has 9 aromatic rings. The van der Waals surface area contributed by atoms with Crippen LogP contribution in [-0.2, 0) is 12.1 Å². The van der Waals surface area contributed by atoms with Gasteiger partial charge in [-0.3, -0.25) is 0 Å². The van der Waals surface area contributed by atoms with Crippen molar-refractivity contribution in [2.45, 2.75) is 52.5 Å². The van der Waals surface area contributed by atoms with Gasteiger partial charge in [0.1, 0.15) is 16.8 Å². The van der Waals surface area contributed by atoms with E-state index >= 15 is 0 Å². The smallest absolute Gasteiger partial charge is 0.364 e. The van der Waals surface area contributed by atoms with Crippen molar-refractivity contribution in [2.75, 3.05) is 0 Å². The molecule has 0 saturated carbocycles. The number of hydrogen-bond donors (Lipinski definition) is 0. The molecule has 6 aromatic carbocycles. The van der Waals surface area contributed by atoms with Crippen LogP contribution in [0.15, 0.2) is 150 Å². The lowest BCUT2D eigenvalue weighted by atomic mass is 9.88. The minimum atomic E-state index is -1.81. The molecule has 0 fully saturated rings. The fourth-order valence-electron chi connectivity index (χ4n) is 10.00. The maximum absolute atomic E-state index is 7.03. The first kappa shape index (κ1) is 33.3. The van der Waals surface area contributed by atoms with Gasteiger partial charge in [-0.2, -0.15) is 4.57 Å². The molecule has 0 saturated heterocycles. The van der Waals surface area contributed by atoms with Crippen molar-refractivity contribution >= 4 is 46.2 Å². The molecule has 1 unspecified atom stereocenters. The first-order valence-electron chi connectivity index (χ1n) is 20.0. The summed E-state index contributed by atoms with van der Waals surface area (Å²) in [4.78, 5) is 0. The molecule has 1 atom stereocenters. The number of benzene rings is 6. The molecule has 0 amide bonds. The summed E-state index contributed by atoms with van der Waals surface area (Å²) >= 11 is 0. The van der Waals surface area contributed by atoms with E-state index in [-0.39, 0.29) is 0 Å². The highest BCUT2D eigenvalue weighted by Crippen LogP contribution is 2.52. The summed E-state index contributed by atoms with van der Waals surface area (Å²) in [7, 11) is -1.81. The second kappa shape index (κ2) is 11.7. The van der Waals surface area contributed by atoms with Crippen molar-refractivity contribution < 1.29 is 13.6 Å². The van der Waals surface area contributed by atoms with Gasteiger partial charge >= 0.3 is 11.5 Å². The Morgan fingerprint density at radius 3 is 2.21 bits per heavy atom. The number of nitrogens with zero attached hydrogens (tertiary/aromatic N) is 3. The van der Waals surface area contributed by atoms with Crippen LogP contribution in [0, 0.1) is 12.8 Å². The van der Waals surface area contributed by atoms with Crippen LogP contribution >= 0.6 is 0 Å². The molecule has 11 rings (SSSR count). The molecule has 56 heavy (non-hydrogen) atoms. The summed E-state index contributed by atoms with van der Waals surface area (Å²) < 4.78 is 14.8. The van der Waals surface area contributed by atoms with Gasteiger partial charge in [-0.1, -0.05) is 118 Å². The predicted octanol–water partition coefficient (Wildman–Crippen LogP) is 11.1. The third-order valence-electron chi connectivity index (χ3n) is 12.3. The lowest BCUT2D eigenvalue weighted by Gasteiger charge is -2.24. The van der Waals surface area contributed by atoms with Gasteiger partial charge in [0.25, 0.3) is 0 Å². The van der Waals surface area contributed by atoms with Crippen LogP contribution in [0.3, 0.4) is 0 Å². The van der Waals surface area contributed by atoms with Crippen LogP contribution < -0.4 is 14.3 Å². The molecule has 0 aliphatic carbocycles. The largest absolute Gasteiger partial charge is 0.455 e. The SMILES string of the molecule is Cc1ccc2c(c1)-c1cc(CC(C)C)c([Si](C)(C)C)c[n+]1C21c2ccc3c(oc4ccccc43)c2-c2n(-c3ccc(-c4ccccc4)cc3)c3ccccc3[n+]21. The lowest BCUT2D eigenvalue weighted by molar-refractivity contribution is -0.944. The quantitative estimate of drug-likeness (QED) is 0.127. The third kappa shape index (κ3) is 4.46. The Bertz CT molecular complexity index is 3070. The number of imidazole rings is 1. The van der Waals surface area contributed by atoms with Gasteiger partial charge in [-0.05, 0) is 90.6 Å². The van der Waals surface area contributed by atoms with Crippen LogP contribution in [0.5, 0.6) is 0 Å². The normalized spacial score (nSPS) is 15.6. The highest BCUT2D eigenvalue weighted by atomic mass is 28.3. The van der Waals surface area contributed by atoms with Gasteiger partial charge in [0.2, 0.25) is 5.69 Å². The Morgan fingerprint density at radius 1 is 0.714 bits per heavy atom. The summed E-state index contributed by atoms with van der Waals surface area (Å²) in [6.07, 6.45) is 3.64. The molecule has 5 heterocycles. The van der Waals surface area contributed by atoms with E-state index in [1.54, 1.807) is 0 Å². The highest BCUT2D eigenvalue weighted by Gasteiger charge is 2.67. The summed E-state index contributed by atoms with van der Waals surface area (Å²) in [6.45, 7) is 14.4. The van der Waals surface area contributed by atoms with Gasteiger partial charge in [0, 0.05) is 22.0 Å². The second-order valence-electron chi connectivity index (χ2n) is 17.4. The van der Waals surface area contributed by atoms with Crippen LogP contribution in [0.25, 0.3) is 72.4 Å². The first-order chi connectivity index (χ1) is 27.1. The highest BCUT2D eigenvalue weighted by molar-refractivity contribution is 6.89. The first-order valence-corrected chi connectivity index (χ1v) is 23.5. The molecule has 272 valence electrons. The van der Waals surface area contributed by atoms with Crippen molar-refractivity contribution in [2.24, 2.45) is 5.92 Å². The van der Waals surface area contributed by atoms with Crippen molar-refractivity contribution in [1.82, 2.24) is 4.57 Å². The molecule has 2 aliphatic rings. The third-order valence-corrected chi connectivity index (χ3v) is 14.3. The van der Waals surface area contributed by atoms with Gasteiger partial charge in [-0.15, -0.1) is 9.13 Å². The maximum atomic E-state index is 7.03. The van der Waals surface area contributed by atoms with Crippen molar-refractivity contribution in [3.05, 3.63) is 168 Å². The average molecular weight is 744 g/mol.